The lowest BCUT2D eigenvalue weighted by Gasteiger charge is -2.30. The molecule has 1 aliphatic rings. The topological polar surface area (TPSA) is 140 Å². The molecule has 3 aromatic rings. The summed E-state index contributed by atoms with van der Waals surface area (Å²) >= 11 is 0. The van der Waals surface area contributed by atoms with Gasteiger partial charge < -0.3 is 4.42 Å². The molecule has 1 N–H and O–H groups in total. The number of nitrogens with one attached hydrogen (secondary N) is 1. The van der Waals surface area contributed by atoms with Crippen molar-refractivity contribution in [3.63, 3.8) is 0 Å². The highest BCUT2D eigenvalue weighted by Gasteiger charge is 2.29. The Morgan fingerprint density at radius 2 is 1.56 bits per heavy atom. The number of nitrogens with zero attached hydrogens (tertiary/aromatic N) is 3. The largest absolute Gasteiger partial charge is 0.403 e. The van der Waals surface area contributed by atoms with Gasteiger partial charge in [-0.05, 0) is 61.4 Å². The maximum atomic E-state index is 13.0. The van der Waals surface area contributed by atoms with E-state index in [0.29, 0.717) is 5.56 Å². The molecule has 1 fully saturated rings. The Hall–Kier alpha value is -3.09. The molecular weight excluding hydrogens is 504 g/mol. The number of aromatic nitrogens is 2. The highest BCUT2D eigenvalue weighted by molar-refractivity contribution is 7.91. The molecule has 1 aromatic heterocycles. The average molecular weight is 533 g/mol. The number of hydrogen-bond donors (Lipinski definition) is 1. The van der Waals surface area contributed by atoms with E-state index in [2.05, 4.69) is 15.5 Å². The number of benzene rings is 2. The van der Waals surface area contributed by atoms with Gasteiger partial charge >= 0.3 is 6.01 Å². The minimum Gasteiger partial charge on any atom is -0.403 e. The molecule has 0 unspecified atom stereocenters. The van der Waals surface area contributed by atoms with Crippen molar-refractivity contribution in [2.45, 2.75) is 54.9 Å². The molecule has 1 heterocycles. The van der Waals surface area contributed by atoms with Crippen molar-refractivity contribution in [1.29, 1.82) is 0 Å². The number of anilines is 1. The van der Waals surface area contributed by atoms with Crippen LogP contribution < -0.4 is 5.32 Å². The summed E-state index contributed by atoms with van der Waals surface area (Å²) in [7, 11) is -5.38. The van der Waals surface area contributed by atoms with Crippen LogP contribution in [0.1, 0.15) is 49.4 Å². The summed E-state index contributed by atoms with van der Waals surface area (Å²) in [6.45, 7) is 1.57. The van der Waals surface area contributed by atoms with Gasteiger partial charge in [-0.15, -0.1) is 5.10 Å². The third-order valence-electron chi connectivity index (χ3n) is 6.37. The molecule has 4 rings (SSSR count). The lowest BCUT2D eigenvalue weighted by molar-refractivity contribution is 0.102. The molecule has 10 nitrogen and oxygen atoms in total. The monoisotopic (exact) mass is 532 g/mol. The van der Waals surface area contributed by atoms with E-state index in [4.69, 9.17) is 4.42 Å². The van der Waals surface area contributed by atoms with Crippen LogP contribution in [0.3, 0.4) is 0 Å². The first-order valence-electron chi connectivity index (χ1n) is 11.7. The number of amides is 1. The van der Waals surface area contributed by atoms with Crippen LogP contribution in [0.15, 0.2) is 62.7 Å². The normalized spacial score (nSPS) is 15.2. The van der Waals surface area contributed by atoms with Gasteiger partial charge in [-0.3, -0.25) is 10.1 Å². The number of carbonyl (C=O) groups is 1. The summed E-state index contributed by atoms with van der Waals surface area (Å²) in [6.07, 6.45) is 4.88. The van der Waals surface area contributed by atoms with Crippen molar-refractivity contribution in [3.8, 4) is 11.5 Å². The molecule has 192 valence electrons. The van der Waals surface area contributed by atoms with Gasteiger partial charge in [0.15, 0.2) is 9.84 Å². The summed E-state index contributed by atoms with van der Waals surface area (Å²) in [5, 5.41) is 10.2. The molecule has 0 saturated heterocycles. The third kappa shape index (κ3) is 5.50. The molecule has 1 amide bonds. The molecule has 0 atom stereocenters. The second-order valence-electron chi connectivity index (χ2n) is 8.63. The lowest BCUT2D eigenvalue weighted by Crippen LogP contribution is -2.38. The summed E-state index contributed by atoms with van der Waals surface area (Å²) in [5.41, 5.74) is 0.720. The second kappa shape index (κ2) is 10.5. The van der Waals surface area contributed by atoms with Crippen LogP contribution in [0.4, 0.5) is 6.01 Å². The summed E-state index contributed by atoms with van der Waals surface area (Å²) in [5.74, 6) is -0.440. The van der Waals surface area contributed by atoms with E-state index < -0.39 is 25.8 Å². The van der Waals surface area contributed by atoms with Gasteiger partial charge in [0, 0.05) is 24.2 Å². The highest BCUT2D eigenvalue weighted by atomic mass is 32.2. The standard InChI is InChI=1S/C24H28N4O6S2/c1-3-35(30,31)20-13-11-18(12-14-20)23-26-27-24(34-23)25-22(29)17-9-15-21(16-10-17)36(32,33)28(2)19-7-5-4-6-8-19/h9-16,19H,3-8H2,1-2H3,(H,25,27,29). The van der Waals surface area contributed by atoms with E-state index in [1.54, 1.807) is 26.1 Å². The van der Waals surface area contributed by atoms with Crippen LogP contribution in [0.5, 0.6) is 0 Å². The SMILES string of the molecule is CCS(=O)(=O)c1ccc(-c2nnc(NC(=O)c3ccc(S(=O)(=O)N(C)C4CCCCC4)cc3)o2)cc1. The Morgan fingerprint density at radius 1 is 0.944 bits per heavy atom. The molecule has 2 aromatic carbocycles. The number of sulfone groups is 1. The summed E-state index contributed by atoms with van der Waals surface area (Å²) in [4.78, 5) is 12.9. The molecule has 12 heteroatoms. The number of rotatable bonds is 8. The van der Waals surface area contributed by atoms with Gasteiger partial charge in [0.25, 0.3) is 5.91 Å². The zero-order valence-corrected chi connectivity index (χ0v) is 21.7. The molecule has 0 bridgehead atoms. The van der Waals surface area contributed by atoms with Crippen molar-refractivity contribution in [2.75, 3.05) is 18.1 Å². The fraction of sp³-hybridized carbons (Fsp3) is 0.375. The van der Waals surface area contributed by atoms with E-state index in [9.17, 15) is 21.6 Å². The predicted octanol–water partition coefficient (Wildman–Crippen LogP) is 3.74. The van der Waals surface area contributed by atoms with Gasteiger partial charge in [-0.1, -0.05) is 31.3 Å². The molecule has 0 aliphatic heterocycles. The fourth-order valence-corrected chi connectivity index (χ4v) is 6.42. The fourth-order valence-electron chi connectivity index (χ4n) is 4.12. The summed E-state index contributed by atoms with van der Waals surface area (Å²) < 4.78 is 56.8. The van der Waals surface area contributed by atoms with Crippen molar-refractivity contribution in [1.82, 2.24) is 14.5 Å². The highest BCUT2D eigenvalue weighted by Crippen LogP contribution is 2.27. The molecular formula is C24H28N4O6S2. The van der Waals surface area contributed by atoms with E-state index in [1.165, 1.54) is 40.7 Å². The molecule has 36 heavy (non-hydrogen) atoms. The van der Waals surface area contributed by atoms with Crippen LogP contribution in [0.2, 0.25) is 0 Å². The minimum atomic E-state index is -3.66. The Labute approximate surface area is 210 Å². The van der Waals surface area contributed by atoms with Gasteiger partial charge in [0.2, 0.25) is 15.9 Å². The van der Waals surface area contributed by atoms with E-state index >= 15 is 0 Å². The quantitative estimate of drug-likeness (QED) is 0.463. The van der Waals surface area contributed by atoms with Gasteiger partial charge in [0.05, 0.1) is 15.5 Å². The molecule has 1 aliphatic carbocycles. The second-order valence-corrected chi connectivity index (χ2v) is 12.9. The Bertz CT molecular complexity index is 1430. The number of carbonyl (C=O) groups excluding carboxylic acids is 1. The third-order valence-corrected chi connectivity index (χ3v) is 10.0. The Balaban J connectivity index is 1.43. The number of hydrogen-bond acceptors (Lipinski definition) is 8. The molecule has 0 spiro atoms. The zero-order valence-electron chi connectivity index (χ0n) is 20.0. The van der Waals surface area contributed by atoms with Gasteiger partial charge in [0.1, 0.15) is 0 Å². The summed E-state index contributed by atoms with van der Waals surface area (Å²) in [6, 6.07) is 11.5. The van der Waals surface area contributed by atoms with Crippen molar-refractivity contribution in [3.05, 3.63) is 54.1 Å². The van der Waals surface area contributed by atoms with E-state index in [-0.39, 0.29) is 39.1 Å². The zero-order chi connectivity index (χ0) is 25.9. The first-order chi connectivity index (χ1) is 17.1. The smallest absolute Gasteiger partial charge is 0.322 e. The average Bonchev–Trinajstić information content (AvgIpc) is 3.37. The Morgan fingerprint density at radius 3 is 2.17 bits per heavy atom. The van der Waals surface area contributed by atoms with Crippen molar-refractivity contribution in [2.24, 2.45) is 0 Å². The molecule has 1 saturated carbocycles. The van der Waals surface area contributed by atoms with Crippen molar-refractivity contribution >= 4 is 31.8 Å². The van der Waals surface area contributed by atoms with Crippen LogP contribution in [-0.4, -0.2) is 56.1 Å². The van der Waals surface area contributed by atoms with Crippen LogP contribution in [0, 0.1) is 0 Å². The maximum Gasteiger partial charge on any atom is 0.322 e. The van der Waals surface area contributed by atoms with Gasteiger partial charge in [-0.2, -0.15) is 4.31 Å². The molecule has 0 radical (unpaired) electrons. The van der Waals surface area contributed by atoms with Crippen LogP contribution >= 0.6 is 0 Å². The van der Waals surface area contributed by atoms with Crippen molar-refractivity contribution < 1.29 is 26.0 Å². The van der Waals surface area contributed by atoms with Crippen LogP contribution in [0.25, 0.3) is 11.5 Å². The number of sulfonamides is 1. The predicted molar refractivity (Wildman–Crippen MR) is 134 cm³/mol. The lowest BCUT2D eigenvalue weighted by atomic mass is 9.96. The van der Waals surface area contributed by atoms with E-state index in [1.807, 2.05) is 0 Å². The first kappa shape index (κ1) is 26.0. The first-order valence-corrected chi connectivity index (χ1v) is 14.8. The van der Waals surface area contributed by atoms with Gasteiger partial charge in [-0.25, -0.2) is 16.8 Å². The van der Waals surface area contributed by atoms with E-state index in [0.717, 1.165) is 32.1 Å². The maximum absolute atomic E-state index is 13.0. The minimum absolute atomic E-state index is 0.00673. The Kier molecular flexibility index (Phi) is 7.57. The van der Waals surface area contributed by atoms with Crippen LogP contribution in [-0.2, 0) is 19.9 Å².